The predicted octanol–water partition coefficient (Wildman–Crippen LogP) is 4.86. The van der Waals surface area contributed by atoms with Crippen LogP contribution in [0.5, 0.6) is 5.88 Å². The maximum absolute atomic E-state index is 5.92. The van der Waals surface area contributed by atoms with Crippen LogP contribution in [0, 0.1) is 6.92 Å². The second-order valence-corrected chi connectivity index (χ2v) is 7.20. The van der Waals surface area contributed by atoms with E-state index < -0.39 is 0 Å². The molecular weight excluding hydrogens is 296 g/mol. The Hall–Kier alpha value is -2.42. The summed E-state index contributed by atoms with van der Waals surface area (Å²) >= 11 is 0. The topological polar surface area (TPSA) is 35.0 Å². The number of aryl methyl sites for hydroxylation is 1. The van der Waals surface area contributed by atoms with E-state index in [9.17, 15) is 0 Å². The fraction of sp³-hybridized carbons (Fsp3) is 0.333. The Morgan fingerprint density at radius 1 is 0.958 bits per heavy atom. The lowest BCUT2D eigenvalue weighted by Gasteiger charge is -2.19. The van der Waals surface area contributed by atoms with Crippen molar-refractivity contribution in [3.63, 3.8) is 0 Å². The van der Waals surface area contributed by atoms with Gasteiger partial charge in [-0.15, -0.1) is 0 Å². The van der Waals surface area contributed by atoms with Crippen LogP contribution < -0.4 is 4.74 Å². The summed E-state index contributed by atoms with van der Waals surface area (Å²) < 4.78 is 5.92. The van der Waals surface area contributed by atoms with Gasteiger partial charge in [0.15, 0.2) is 0 Å². The molecule has 3 heteroatoms. The SMILES string of the molecule is Cc1cccc2c(OCCc3ccc(C(C)(C)C)cc3)ncnc12. The van der Waals surface area contributed by atoms with Crippen molar-refractivity contribution in [2.24, 2.45) is 0 Å². The Kier molecular flexibility index (Phi) is 4.52. The van der Waals surface area contributed by atoms with Crippen LogP contribution in [0.4, 0.5) is 0 Å². The lowest BCUT2D eigenvalue weighted by Crippen LogP contribution is -2.11. The van der Waals surface area contributed by atoms with E-state index >= 15 is 0 Å². The van der Waals surface area contributed by atoms with E-state index in [1.54, 1.807) is 6.33 Å². The Morgan fingerprint density at radius 2 is 1.71 bits per heavy atom. The number of ether oxygens (including phenoxy) is 1. The monoisotopic (exact) mass is 320 g/mol. The summed E-state index contributed by atoms with van der Waals surface area (Å²) in [5.41, 5.74) is 4.91. The summed E-state index contributed by atoms with van der Waals surface area (Å²) in [7, 11) is 0. The second-order valence-electron chi connectivity index (χ2n) is 7.20. The molecule has 0 spiro atoms. The molecule has 0 radical (unpaired) electrons. The van der Waals surface area contributed by atoms with Crippen LogP contribution in [0.15, 0.2) is 48.8 Å². The van der Waals surface area contributed by atoms with Crippen molar-refractivity contribution < 1.29 is 4.74 Å². The lowest BCUT2D eigenvalue weighted by molar-refractivity contribution is 0.313. The predicted molar refractivity (Wildman–Crippen MR) is 98.6 cm³/mol. The molecule has 0 fully saturated rings. The average Bonchev–Trinajstić information content (AvgIpc) is 2.55. The Bertz CT molecular complexity index is 833. The maximum atomic E-state index is 5.92. The van der Waals surface area contributed by atoms with Crippen molar-refractivity contribution in [2.75, 3.05) is 6.61 Å². The van der Waals surface area contributed by atoms with Gasteiger partial charge in [-0.25, -0.2) is 9.97 Å². The van der Waals surface area contributed by atoms with Crippen LogP contribution in [0.3, 0.4) is 0 Å². The van der Waals surface area contributed by atoms with Crippen molar-refractivity contribution in [1.82, 2.24) is 9.97 Å². The number of fused-ring (bicyclic) bond motifs is 1. The molecule has 3 rings (SSSR count). The maximum Gasteiger partial charge on any atom is 0.224 e. The normalized spacial score (nSPS) is 11.7. The minimum Gasteiger partial charge on any atom is -0.477 e. The van der Waals surface area contributed by atoms with Gasteiger partial charge in [-0.2, -0.15) is 0 Å². The standard InChI is InChI=1S/C21H24N2O/c1-15-6-5-7-18-19(15)22-14-23-20(18)24-13-12-16-8-10-17(11-9-16)21(2,3)4/h5-11,14H,12-13H2,1-4H3. The van der Waals surface area contributed by atoms with Crippen LogP contribution in [-0.2, 0) is 11.8 Å². The van der Waals surface area contributed by atoms with E-state index in [1.807, 2.05) is 12.1 Å². The van der Waals surface area contributed by atoms with Gasteiger partial charge in [0, 0.05) is 6.42 Å². The molecule has 0 amide bonds. The molecular formula is C21H24N2O. The zero-order valence-electron chi connectivity index (χ0n) is 14.8. The Balaban J connectivity index is 1.68. The molecule has 1 heterocycles. The van der Waals surface area contributed by atoms with Gasteiger partial charge in [-0.3, -0.25) is 0 Å². The number of hydrogen-bond donors (Lipinski definition) is 0. The molecule has 3 nitrogen and oxygen atoms in total. The minimum atomic E-state index is 0.187. The van der Waals surface area contributed by atoms with E-state index in [0.29, 0.717) is 12.5 Å². The van der Waals surface area contributed by atoms with Gasteiger partial charge in [0.05, 0.1) is 17.5 Å². The number of aromatic nitrogens is 2. The zero-order chi connectivity index (χ0) is 17.2. The molecule has 0 N–H and O–H groups in total. The first-order valence-corrected chi connectivity index (χ1v) is 8.38. The first-order valence-electron chi connectivity index (χ1n) is 8.38. The summed E-state index contributed by atoms with van der Waals surface area (Å²) in [6.07, 6.45) is 2.44. The van der Waals surface area contributed by atoms with Gasteiger partial charge in [-0.05, 0) is 35.1 Å². The van der Waals surface area contributed by atoms with E-state index in [4.69, 9.17) is 4.74 Å². The van der Waals surface area contributed by atoms with Gasteiger partial charge in [0.2, 0.25) is 5.88 Å². The molecule has 0 saturated heterocycles. The molecule has 0 saturated carbocycles. The molecule has 1 aromatic heterocycles. The molecule has 0 bridgehead atoms. The van der Waals surface area contributed by atoms with Crippen molar-refractivity contribution in [3.05, 3.63) is 65.5 Å². The number of benzene rings is 2. The first kappa shape index (κ1) is 16.4. The Morgan fingerprint density at radius 3 is 2.42 bits per heavy atom. The molecule has 0 unspecified atom stereocenters. The third-order valence-electron chi connectivity index (χ3n) is 4.28. The zero-order valence-corrected chi connectivity index (χ0v) is 14.8. The van der Waals surface area contributed by atoms with E-state index in [2.05, 4.69) is 68.0 Å². The van der Waals surface area contributed by atoms with Crippen LogP contribution in [0.2, 0.25) is 0 Å². The first-order chi connectivity index (χ1) is 11.4. The molecule has 0 aliphatic carbocycles. The van der Waals surface area contributed by atoms with Gasteiger partial charge < -0.3 is 4.74 Å². The third-order valence-corrected chi connectivity index (χ3v) is 4.28. The van der Waals surface area contributed by atoms with Gasteiger partial charge in [-0.1, -0.05) is 57.2 Å². The molecule has 24 heavy (non-hydrogen) atoms. The van der Waals surface area contributed by atoms with Gasteiger partial charge in [0.25, 0.3) is 0 Å². The molecule has 0 atom stereocenters. The molecule has 0 aliphatic heterocycles. The quantitative estimate of drug-likeness (QED) is 0.689. The fourth-order valence-corrected chi connectivity index (χ4v) is 2.76. The van der Waals surface area contributed by atoms with Crippen molar-refractivity contribution in [2.45, 2.75) is 39.5 Å². The number of rotatable bonds is 4. The van der Waals surface area contributed by atoms with Crippen LogP contribution in [0.25, 0.3) is 10.9 Å². The van der Waals surface area contributed by atoms with E-state index in [-0.39, 0.29) is 5.41 Å². The smallest absolute Gasteiger partial charge is 0.224 e. The second kappa shape index (κ2) is 6.60. The van der Waals surface area contributed by atoms with Crippen LogP contribution >= 0.6 is 0 Å². The number of hydrogen-bond acceptors (Lipinski definition) is 3. The highest BCUT2D eigenvalue weighted by atomic mass is 16.5. The molecule has 124 valence electrons. The summed E-state index contributed by atoms with van der Waals surface area (Å²) in [4.78, 5) is 8.64. The summed E-state index contributed by atoms with van der Waals surface area (Å²) in [5.74, 6) is 0.662. The van der Waals surface area contributed by atoms with Crippen LogP contribution in [-0.4, -0.2) is 16.6 Å². The average molecular weight is 320 g/mol. The van der Waals surface area contributed by atoms with Crippen molar-refractivity contribution >= 4 is 10.9 Å². The van der Waals surface area contributed by atoms with Gasteiger partial charge in [0.1, 0.15) is 6.33 Å². The summed E-state index contributed by atoms with van der Waals surface area (Å²) in [5, 5.41) is 0.973. The third kappa shape index (κ3) is 3.56. The lowest BCUT2D eigenvalue weighted by atomic mass is 9.86. The molecule has 3 aromatic rings. The largest absolute Gasteiger partial charge is 0.477 e. The number of para-hydroxylation sites is 1. The summed E-state index contributed by atoms with van der Waals surface area (Å²) in [6, 6.07) is 14.9. The highest BCUT2D eigenvalue weighted by Gasteiger charge is 2.12. The Labute approximate surface area is 143 Å². The fourth-order valence-electron chi connectivity index (χ4n) is 2.76. The highest BCUT2D eigenvalue weighted by Crippen LogP contribution is 2.24. The minimum absolute atomic E-state index is 0.187. The molecule has 2 aromatic carbocycles. The number of nitrogens with zero attached hydrogens (tertiary/aromatic N) is 2. The van der Waals surface area contributed by atoms with Crippen LogP contribution in [0.1, 0.15) is 37.5 Å². The molecule has 0 aliphatic rings. The summed E-state index contributed by atoms with van der Waals surface area (Å²) in [6.45, 7) is 9.35. The highest BCUT2D eigenvalue weighted by molar-refractivity contribution is 5.85. The van der Waals surface area contributed by atoms with Gasteiger partial charge >= 0.3 is 0 Å². The van der Waals surface area contributed by atoms with E-state index in [0.717, 1.165) is 22.9 Å². The van der Waals surface area contributed by atoms with Crippen molar-refractivity contribution in [3.8, 4) is 5.88 Å². The van der Waals surface area contributed by atoms with E-state index in [1.165, 1.54) is 11.1 Å². The van der Waals surface area contributed by atoms with Crippen molar-refractivity contribution in [1.29, 1.82) is 0 Å².